The highest BCUT2D eigenvalue weighted by Gasteiger charge is 2.18. The maximum atomic E-state index is 12.2. The Balaban J connectivity index is 1.66. The molecule has 0 aromatic carbocycles. The Labute approximate surface area is 162 Å². The summed E-state index contributed by atoms with van der Waals surface area (Å²) in [5.74, 6) is 1.33. The highest BCUT2D eigenvalue weighted by Crippen LogP contribution is 2.37. The summed E-state index contributed by atoms with van der Waals surface area (Å²) < 4.78 is 11.4. The number of pyridine rings is 2. The van der Waals surface area contributed by atoms with E-state index in [2.05, 4.69) is 20.6 Å². The highest BCUT2D eigenvalue weighted by molar-refractivity contribution is 6.35. The molecule has 1 unspecified atom stereocenters. The van der Waals surface area contributed by atoms with Crippen molar-refractivity contribution >= 4 is 34.8 Å². The van der Waals surface area contributed by atoms with Gasteiger partial charge in [-0.15, -0.1) is 0 Å². The smallest absolute Gasteiger partial charge is 0.228 e. The molecule has 8 nitrogen and oxygen atoms in total. The zero-order valence-electron chi connectivity index (χ0n) is 15.0. The van der Waals surface area contributed by atoms with Gasteiger partial charge in [0, 0.05) is 25.9 Å². The van der Waals surface area contributed by atoms with Gasteiger partial charge in [0.05, 0.1) is 24.4 Å². The van der Waals surface area contributed by atoms with Gasteiger partial charge in [0.25, 0.3) is 0 Å². The number of carbonyl (C=O) groups excluding carboxylic acids is 1. The number of nitrogens with two attached hydrogens (primary N) is 1. The largest absolute Gasteiger partial charge is 0.454 e. The number of aromatic nitrogens is 2. The van der Waals surface area contributed by atoms with E-state index in [1.807, 2.05) is 0 Å². The molecule has 27 heavy (non-hydrogen) atoms. The highest BCUT2D eigenvalue weighted by atomic mass is 35.5. The normalized spacial score (nSPS) is 16.6. The summed E-state index contributed by atoms with van der Waals surface area (Å²) in [4.78, 5) is 20.4. The maximum absolute atomic E-state index is 12.2. The van der Waals surface area contributed by atoms with Crippen LogP contribution in [0.15, 0.2) is 24.5 Å². The number of nitrogens with zero attached hydrogens (tertiary/aromatic N) is 2. The summed E-state index contributed by atoms with van der Waals surface area (Å²) >= 11 is 6.29. The van der Waals surface area contributed by atoms with Crippen molar-refractivity contribution in [1.82, 2.24) is 9.97 Å². The maximum Gasteiger partial charge on any atom is 0.228 e. The Bertz CT molecular complexity index is 812. The molecule has 0 bridgehead atoms. The Morgan fingerprint density at radius 1 is 1.44 bits per heavy atom. The fourth-order valence-electron chi connectivity index (χ4n) is 2.83. The first-order chi connectivity index (χ1) is 13.1. The minimum absolute atomic E-state index is 0.0298. The van der Waals surface area contributed by atoms with E-state index in [4.69, 9.17) is 26.8 Å². The molecule has 0 spiro atoms. The van der Waals surface area contributed by atoms with Crippen LogP contribution in [0.5, 0.6) is 11.5 Å². The van der Waals surface area contributed by atoms with Gasteiger partial charge in [0.1, 0.15) is 22.4 Å². The molecule has 0 saturated carbocycles. The third-order valence-corrected chi connectivity index (χ3v) is 4.55. The van der Waals surface area contributed by atoms with Gasteiger partial charge in [-0.3, -0.25) is 4.79 Å². The SMILES string of the molecule is CNc1c(N)ncc(Oc2ccnc(NC(=O)CC3CCCCO3)c2)c1Cl. The van der Waals surface area contributed by atoms with Crippen LogP contribution in [0.4, 0.5) is 17.3 Å². The van der Waals surface area contributed by atoms with Gasteiger partial charge in [-0.25, -0.2) is 9.97 Å². The molecule has 2 aromatic rings. The molecule has 1 saturated heterocycles. The molecule has 1 aliphatic heterocycles. The van der Waals surface area contributed by atoms with Crippen molar-refractivity contribution in [2.24, 2.45) is 0 Å². The average molecular weight is 392 g/mol. The van der Waals surface area contributed by atoms with Crippen molar-refractivity contribution in [2.45, 2.75) is 31.8 Å². The number of ether oxygens (including phenoxy) is 2. The minimum atomic E-state index is -0.142. The van der Waals surface area contributed by atoms with Crippen molar-refractivity contribution < 1.29 is 14.3 Å². The lowest BCUT2D eigenvalue weighted by atomic mass is 10.1. The molecule has 2 aromatic heterocycles. The first-order valence-corrected chi connectivity index (χ1v) is 9.11. The molecule has 1 aliphatic rings. The standard InChI is InChI=1S/C18H22ClN5O3/c1-21-17-16(19)13(10-23-18(17)20)27-12-5-6-22-14(8-12)24-15(25)9-11-4-2-3-7-26-11/h5-6,8,10-11,21H,2-4,7,9H2,1H3,(H2,20,23)(H,22,24,25). The molecule has 4 N–H and O–H groups in total. The quantitative estimate of drug-likeness (QED) is 0.691. The summed E-state index contributed by atoms with van der Waals surface area (Å²) in [7, 11) is 1.69. The number of anilines is 3. The van der Waals surface area contributed by atoms with Crippen molar-refractivity contribution in [3.63, 3.8) is 0 Å². The Kier molecular flexibility index (Phi) is 6.31. The molecule has 144 valence electrons. The lowest BCUT2D eigenvalue weighted by molar-refractivity contribution is -0.119. The molecular formula is C18H22ClN5O3. The summed E-state index contributed by atoms with van der Waals surface area (Å²) in [6, 6.07) is 3.27. The van der Waals surface area contributed by atoms with E-state index < -0.39 is 0 Å². The predicted octanol–water partition coefficient (Wildman–Crippen LogP) is 3.44. The number of nitrogens with one attached hydrogen (secondary N) is 2. The van der Waals surface area contributed by atoms with Gasteiger partial charge in [-0.05, 0) is 25.3 Å². The van der Waals surface area contributed by atoms with Crippen LogP contribution >= 0.6 is 11.6 Å². The van der Waals surface area contributed by atoms with E-state index in [1.165, 1.54) is 6.20 Å². The monoisotopic (exact) mass is 391 g/mol. The van der Waals surface area contributed by atoms with Gasteiger partial charge >= 0.3 is 0 Å². The second kappa shape index (κ2) is 8.88. The topological polar surface area (TPSA) is 111 Å². The molecule has 0 aliphatic carbocycles. The second-order valence-electron chi connectivity index (χ2n) is 6.17. The zero-order chi connectivity index (χ0) is 19.2. The molecule has 9 heteroatoms. The molecule has 3 heterocycles. The van der Waals surface area contributed by atoms with Crippen LogP contribution in [0.1, 0.15) is 25.7 Å². The minimum Gasteiger partial charge on any atom is -0.454 e. The molecule has 0 radical (unpaired) electrons. The van der Waals surface area contributed by atoms with Crippen LogP contribution in [-0.2, 0) is 9.53 Å². The Morgan fingerprint density at radius 2 is 2.30 bits per heavy atom. The fourth-order valence-corrected chi connectivity index (χ4v) is 3.11. The Hall–Kier alpha value is -2.58. The molecule has 1 amide bonds. The first kappa shape index (κ1) is 19.2. The molecule has 3 rings (SSSR count). The van der Waals surface area contributed by atoms with Crippen LogP contribution < -0.4 is 21.1 Å². The van der Waals surface area contributed by atoms with Crippen molar-refractivity contribution in [3.8, 4) is 11.5 Å². The van der Waals surface area contributed by atoms with Crippen molar-refractivity contribution in [2.75, 3.05) is 30.0 Å². The average Bonchev–Trinajstić information content (AvgIpc) is 2.65. The van der Waals surface area contributed by atoms with Crippen LogP contribution in [0.2, 0.25) is 5.02 Å². The molecule has 1 fully saturated rings. The van der Waals surface area contributed by atoms with Gasteiger partial charge in [0.2, 0.25) is 5.91 Å². The van der Waals surface area contributed by atoms with Crippen molar-refractivity contribution in [3.05, 3.63) is 29.5 Å². The molecular weight excluding hydrogens is 370 g/mol. The third kappa shape index (κ3) is 4.99. The number of hydrogen-bond acceptors (Lipinski definition) is 7. The fraction of sp³-hybridized carbons (Fsp3) is 0.389. The second-order valence-corrected chi connectivity index (χ2v) is 6.54. The predicted molar refractivity (Wildman–Crippen MR) is 104 cm³/mol. The van der Waals surface area contributed by atoms with Gasteiger partial charge in [-0.2, -0.15) is 0 Å². The van der Waals surface area contributed by atoms with E-state index in [0.717, 1.165) is 19.3 Å². The lowest BCUT2D eigenvalue weighted by Gasteiger charge is -2.21. The summed E-state index contributed by atoms with van der Waals surface area (Å²) in [6.45, 7) is 0.713. The van der Waals surface area contributed by atoms with E-state index in [1.54, 1.807) is 25.4 Å². The summed E-state index contributed by atoms with van der Waals surface area (Å²) in [6.07, 6.45) is 6.31. The number of halogens is 1. The zero-order valence-corrected chi connectivity index (χ0v) is 15.8. The van der Waals surface area contributed by atoms with E-state index in [-0.39, 0.29) is 17.8 Å². The van der Waals surface area contributed by atoms with E-state index >= 15 is 0 Å². The Morgan fingerprint density at radius 3 is 3.04 bits per heavy atom. The van der Waals surface area contributed by atoms with Crippen LogP contribution in [0.25, 0.3) is 0 Å². The van der Waals surface area contributed by atoms with Crippen molar-refractivity contribution in [1.29, 1.82) is 0 Å². The third-order valence-electron chi connectivity index (χ3n) is 4.18. The lowest BCUT2D eigenvalue weighted by Crippen LogP contribution is -2.25. The van der Waals surface area contributed by atoms with E-state index in [9.17, 15) is 4.79 Å². The van der Waals surface area contributed by atoms with Crippen LogP contribution in [0.3, 0.4) is 0 Å². The number of hydrogen-bond donors (Lipinski definition) is 3. The van der Waals surface area contributed by atoms with Gasteiger partial charge in [0.15, 0.2) is 5.75 Å². The van der Waals surface area contributed by atoms with Crippen LogP contribution in [0, 0.1) is 0 Å². The number of carbonyl (C=O) groups is 1. The van der Waals surface area contributed by atoms with Gasteiger partial charge < -0.3 is 25.8 Å². The van der Waals surface area contributed by atoms with Crippen LogP contribution in [-0.4, -0.2) is 35.6 Å². The number of amides is 1. The van der Waals surface area contributed by atoms with E-state index in [0.29, 0.717) is 41.1 Å². The first-order valence-electron chi connectivity index (χ1n) is 8.74. The summed E-state index contributed by atoms with van der Waals surface area (Å²) in [5, 5.41) is 5.98. The van der Waals surface area contributed by atoms with Gasteiger partial charge in [-0.1, -0.05) is 11.6 Å². The number of rotatable bonds is 6. The molecule has 1 atom stereocenters. The summed E-state index contributed by atoms with van der Waals surface area (Å²) in [5.41, 5.74) is 6.26. The number of nitrogen functional groups attached to an aromatic ring is 1.